The Morgan fingerprint density at radius 1 is 1.58 bits per heavy atom. The van der Waals surface area contributed by atoms with Gasteiger partial charge < -0.3 is 9.66 Å². The van der Waals surface area contributed by atoms with Crippen LogP contribution in [0.2, 0.25) is 0 Å². The average Bonchev–Trinajstić information content (AvgIpc) is 1.96. The predicted octanol–water partition coefficient (Wildman–Crippen LogP) is 0.910. The van der Waals surface area contributed by atoms with Crippen LogP contribution in [0.25, 0.3) is 0 Å². The maximum Gasteiger partial charge on any atom is 0.123 e. The molecule has 1 atom stereocenters. The van der Waals surface area contributed by atoms with Gasteiger partial charge in [0.15, 0.2) is 0 Å². The summed E-state index contributed by atoms with van der Waals surface area (Å²) < 4.78 is 32.9. The standard InChI is InChI=1S/C7H7FO3S/c8-6-1-2-7(9)5(3-6)4-12(10)11/h1-3,9H,4H2,(H,10,11)/p-1. The highest BCUT2D eigenvalue weighted by Gasteiger charge is 2.01. The Hall–Kier alpha value is -0.940. The first-order valence-corrected chi connectivity index (χ1v) is 4.37. The molecule has 0 saturated heterocycles. The molecule has 1 rings (SSSR count). The molecule has 0 fully saturated rings. The van der Waals surface area contributed by atoms with E-state index in [0.29, 0.717) is 0 Å². The molecule has 1 N–H and O–H groups in total. The zero-order valence-electron chi connectivity index (χ0n) is 5.99. The summed E-state index contributed by atoms with van der Waals surface area (Å²) in [5.41, 5.74) is 0.0725. The maximum absolute atomic E-state index is 12.5. The molecule has 0 heterocycles. The third-order valence-electron chi connectivity index (χ3n) is 1.31. The fourth-order valence-electron chi connectivity index (χ4n) is 0.797. The van der Waals surface area contributed by atoms with E-state index in [4.69, 9.17) is 5.11 Å². The molecule has 3 nitrogen and oxygen atoms in total. The van der Waals surface area contributed by atoms with Gasteiger partial charge in [-0.15, -0.1) is 0 Å². The number of halogens is 1. The van der Waals surface area contributed by atoms with Crippen molar-refractivity contribution < 1.29 is 18.3 Å². The number of benzene rings is 1. The summed E-state index contributed by atoms with van der Waals surface area (Å²) in [4.78, 5) is 0. The third kappa shape index (κ3) is 2.28. The van der Waals surface area contributed by atoms with Crippen LogP contribution in [0.5, 0.6) is 5.75 Å². The van der Waals surface area contributed by atoms with E-state index in [9.17, 15) is 13.2 Å². The second kappa shape index (κ2) is 3.64. The fourth-order valence-corrected chi connectivity index (χ4v) is 1.28. The second-order valence-electron chi connectivity index (χ2n) is 2.22. The van der Waals surface area contributed by atoms with E-state index in [2.05, 4.69) is 0 Å². The van der Waals surface area contributed by atoms with Gasteiger partial charge in [-0.1, -0.05) is 11.1 Å². The number of rotatable bonds is 2. The van der Waals surface area contributed by atoms with Gasteiger partial charge in [0, 0.05) is 11.3 Å². The van der Waals surface area contributed by atoms with Crippen LogP contribution in [-0.4, -0.2) is 13.9 Å². The zero-order chi connectivity index (χ0) is 9.14. The van der Waals surface area contributed by atoms with Gasteiger partial charge in [0.1, 0.15) is 11.6 Å². The van der Waals surface area contributed by atoms with Crippen LogP contribution in [0.3, 0.4) is 0 Å². The van der Waals surface area contributed by atoms with E-state index in [-0.39, 0.29) is 17.1 Å². The van der Waals surface area contributed by atoms with Crippen molar-refractivity contribution in [3.8, 4) is 5.75 Å². The predicted molar refractivity (Wildman–Crippen MR) is 40.7 cm³/mol. The molecule has 0 aliphatic heterocycles. The number of phenolic OH excluding ortho intramolecular Hbond substituents is 1. The van der Waals surface area contributed by atoms with E-state index in [0.717, 1.165) is 18.2 Å². The Kier molecular flexibility index (Phi) is 2.78. The molecule has 12 heavy (non-hydrogen) atoms. The molecule has 0 spiro atoms. The molecule has 0 saturated carbocycles. The summed E-state index contributed by atoms with van der Waals surface area (Å²) in [7, 11) is 0. The first kappa shape index (κ1) is 9.15. The molecule has 66 valence electrons. The molecule has 0 amide bonds. The van der Waals surface area contributed by atoms with Gasteiger partial charge in [-0.2, -0.15) is 0 Å². The van der Waals surface area contributed by atoms with Crippen molar-refractivity contribution in [2.75, 3.05) is 0 Å². The molecule has 0 aromatic heterocycles. The van der Waals surface area contributed by atoms with Crippen LogP contribution >= 0.6 is 0 Å². The summed E-state index contributed by atoms with van der Waals surface area (Å²) in [5, 5.41) is 9.04. The maximum atomic E-state index is 12.5. The lowest BCUT2D eigenvalue weighted by Gasteiger charge is -2.06. The minimum atomic E-state index is -2.31. The van der Waals surface area contributed by atoms with Gasteiger partial charge in [0.05, 0.1) is 0 Å². The van der Waals surface area contributed by atoms with Crippen LogP contribution in [0, 0.1) is 5.82 Å². The van der Waals surface area contributed by atoms with Crippen LogP contribution in [0.4, 0.5) is 4.39 Å². The number of phenols is 1. The summed E-state index contributed by atoms with van der Waals surface area (Å²) >= 11 is -2.31. The highest BCUT2D eigenvalue weighted by Crippen LogP contribution is 2.18. The molecule has 1 unspecified atom stereocenters. The van der Waals surface area contributed by atoms with Gasteiger partial charge in [-0.25, -0.2) is 4.39 Å². The summed E-state index contributed by atoms with van der Waals surface area (Å²) in [5.74, 6) is -1.14. The minimum Gasteiger partial charge on any atom is -0.772 e. The monoisotopic (exact) mass is 189 g/mol. The van der Waals surface area contributed by atoms with Crippen LogP contribution < -0.4 is 0 Å². The second-order valence-corrected chi connectivity index (χ2v) is 3.12. The molecule has 0 radical (unpaired) electrons. The lowest BCUT2D eigenvalue weighted by atomic mass is 10.2. The summed E-state index contributed by atoms with van der Waals surface area (Å²) in [6.07, 6.45) is 0. The molecular formula is C7H6FO3S-. The Morgan fingerprint density at radius 3 is 2.83 bits per heavy atom. The number of hydrogen-bond donors (Lipinski definition) is 1. The number of hydrogen-bond acceptors (Lipinski definition) is 3. The molecule has 1 aromatic rings. The highest BCUT2D eigenvalue weighted by molar-refractivity contribution is 7.78. The largest absolute Gasteiger partial charge is 0.772 e. The van der Waals surface area contributed by atoms with Gasteiger partial charge >= 0.3 is 0 Å². The topological polar surface area (TPSA) is 60.4 Å². The van der Waals surface area contributed by atoms with Gasteiger partial charge in [-0.3, -0.25) is 4.21 Å². The van der Waals surface area contributed by atoms with Gasteiger partial charge in [0.25, 0.3) is 0 Å². The molecular weight excluding hydrogens is 183 g/mol. The van der Waals surface area contributed by atoms with E-state index < -0.39 is 16.9 Å². The minimum absolute atomic E-state index is 0.0725. The molecule has 0 bridgehead atoms. The van der Waals surface area contributed by atoms with Crippen LogP contribution in [0.1, 0.15) is 5.56 Å². The van der Waals surface area contributed by atoms with Gasteiger partial charge in [0.2, 0.25) is 0 Å². The van der Waals surface area contributed by atoms with Crippen molar-refractivity contribution >= 4 is 11.1 Å². The van der Waals surface area contributed by atoms with Crippen molar-refractivity contribution in [3.05, 3.63) is 29.6 Å². The smallest absolute Gasteiger partial charge is 0.123 e. The third-order valence-corrected chi connectivity index (χ3v) is 1.86. The van der Waals surface area contributed by atoms with E-state index in [1.54, 1.807) is 0 Å². The van der Waals surface area contributed by atoms with Crippen molar-refractivity contribution in [1.82, 2.24) is 0 Å². The first-order chi connectivity index (χ1) is 5.59. The molecule has 5 heteroatoms. The molecule has 1 aromatic carbocycles. The van der Waals surface area contributed by atoms with E-state index in [1.165, 1.54) is 0 Å². The van der Waals surface area contributed by atoms with Gasteiger partial charge in [-0.05, 0) is 18.2 Å². The Balaban J connectivity index is 2.97. The van der Waals surface area contributed by atoms with Crippen molar-refractivity contribution in [2.45, 2.75) is 5.75 Å². The Morgan fingerprint density at radius 2 is 2.25 bits per heavy atom. The van der Waals surface area contributed by atoms with Crippen LogP contribution in [-0.2, 0) is 16.8 Å². The Labute approximate surface area is 71.1 Å². The quantitative estimate of drug-likeness (QED) is 0.703. The Bertz CT molecular complexity index is 314. The van der Waals surface area contributed by atoms with Crippen LogP contribution in [0.15, 0.2) is 18.2 Å². The molecule has 0 aliphatic carbocycles. The van der Waals surface area contributed by atoms with Crippen molar-refractivity contribution in [3.63, 3.8) is 0 Å². The lowest BCUT2D eigenvalue weighted by molar-refractivity contribution is 0.466. The highest BCUT2D eigenvalue weighted by atomic mass is 32.2. The molecule has 0 aliphatic rings. The fraction of sp³-hybridized carbons (Fsp3) is 0.143. The zero-order valence-corrected chi connectivity index (χ0v) is 6.81. The number of aromatic hydroxyl groups is 1. The summed E-state index contributed by atoms with van der Waals surface area (Å²) in [6.45, 7) is 0. The van der Waals surface area contributed by atoms with E-state index >= 15 is 0 Å². The van der Waals surface area contributed by atoms with Crippen molar-refractivity contribution in [1.29, 1.82) is 0 Å². The van der Waals surface area contributed by atoms with Crippen molar-refractivity contribution in [2.24, 2.45) is 0 Å². The first-order valence-electron chi connectivity index (χ1n) is 3.13. The SMILES string of the molecule is O=S([O-])Cc1cc(F)ccc1O. The average molecular weight is 189 g/mol. The van der Waals surface area contributed by atoms with E-state index in [1.807, 2.05) is 0 Å². The summed E-state index contributed by atoms with van der Waals surface area (Å²) in [6, 6.07) is 3.18. The lowest BCUT2D eigenvalue weighted by Crippen LogP contribution is -1.94. The normalized spacial score (nSPS) is 12.8.